The van der Waals surface area contributed by atoms with Crippen molar-refractivity contribution in [1.82, 2.24) is 0 Å². The summed E-state index contributed by atoms with van der Waals surface area (Å²) in [6.45, 7) is 0. The Balaban J connectivity index is 0. The summed E-state index contributed by atoms with van der Waals surface area (Å²) in [6, 6.07) is -1.29. The van der Waals surface area contributed by atoms with Crippen LogP contribution in [0.5, 0.6) is 0 Å². The van der Waals surface area contributed by atoms with Crippen LogP contribution in [0.1, 0.15) is 6.42 Å². The average Bonchev–Trinajstić information content (AvgIpc) is 1.63. The van der Waals surface area contributed by atoms with Crippen molar-refractivity contribution in [3.05, 3.63) is 0 Å². The second kappa shape index (κ2) is 6.20. The van der Waals surface area contributed by atoms with Crippen molar-refractivity contribution in [3.8, 4) is 0 Å². The Labute approximate surface area is 97.7 Å². The zero-order valence-corrected chi connectivity index (χ0v) is 4.57. The van der Waals surface area contributed by atoms with Crippen molar-refractivity contribution in [2.24, 2.45) is 5.73 Å². The molecule has 0 aromatic rings. The van der Waals surface area contributed by atoms with E-state index in [4.69, 9.17) is 15.9 Å². The van der Waals surface area contributed by atoms with Crippen LogP contribution in [0.3, 0.4) is 0 Å². The predicted molar refractivity (Wildman–Crippen MR) is 36.4 cm³/mol. The molecule has 10 heavy (non-hydrogen) atoms. The van der Waals surface area contributed by atoms with E-state index in [2.05, 4.69) is 0 Å². The van der Waals surface area contributed by atoms with Crippen LogP contribution in [0.2, 0.25) is 0 Å². The number of aliphatic carboxylic acids is 2. The Hall–Kier alpha value is 0.471. The van der Waals surface area contributed by atoms with Gasteiger partial charge in [0.2, 0.25) is 0 Å². The monoisotopic (exact) mass is 273 g/mol. The summed E-state index contributed by atoms with van der Waals surface area (Å²) in [6.07, 6.45) is -0.532. The number of hydrogen-bond donors (Lipinski definition) is 3. The van der Waals surface area contributed by atoms with Gasteiger partial charge in [0.15, 0.2) is 0 Å². The van der Waals surface area contributed by atoms with E-state index < -0.39 is 24.4 Å². The fraction of sp³-hybridized carbons (Fsp3) is 0.500. The Morgan fingerprint density at radius 3 is 1.90 bits per heavy atom. The summed E-state index contributed by atoms with van der Waals surface area (Å²) in [5, 5.41) is 16.0. The molecule has 6 heteroatoms. The van der Waals surface area contributed by atoms with Crippen molar-refractivity contribution in [3.63, 3.8) is 0 Å². The zero-order chi connectivity index (χ0) is 7.44. The third kappa shape index (κ3) is 6.59. The van der Waals surface area contributed by atoms with Gasteiger partial charge >= 0.3 is 60.8 Å². The third-order valence-corrected chi connectivity index (χ3v) is 0.712. The molecule has 0 bridgehead atoms. The molecule has 0 aromatic heterocycles. The molecule has 5 nitrogen and oxygen atoms in total. The zero-order valence-electron chi connectivity index (χ0n) is 4.57. The summed E-state index contributed by atoms with van der Waals surface area (Å²) in [5.41, 5.74) is 4.84. The van der Waals surface area contributed by atoms with Crippen molar-refractivity contribution in [1.29, 1.82) is 0 Å². The van der Waals surface area contributed by atoms with Gasteiger partial charge in [-0.05, 0) is 0 Å². The average molecular weight is 272 g/mol. The van der Waals surface area contributed by atoms with Crippen molar-refractivity contribution >= 4 is 60.8 Å². The van der Waals surface area contributed by atoms with Crippen molar-refractivity contribution in [2.45, 2.75) is 12.5 Å². The molecule has 0 fully saturated rings. The van der Waals surface area contributed by atoms with Gasteiger partial charge in [0.25, 0.3) is 0 Å². The topological polar surface area (TPSA) is 101 Å². The molecule has 0 radical (unpaired) electrons. The number of carbonyl (C=O) groups is 2. The molecule has 56 valence electrons. The Morgan fingerprint density at radius 1 is 1.40 bits per heavy atom. The van der Waals surface area contributed by atoms with E-state index in [1.54, 1.807) is 0 Å². The normalized spacial score (nSPS) is 11.3. The molecule has 0 aromatic carbocycles. The molecule has 0 heterocycles. The number of carboxylic acids is 2. The Morgan fingerprint density at radius 2 is 1.80 bits per heavy atom. The molecule has 0 spiro atoms. The van der Waals surface area contributed by atoms with Crippen LogP contribution in [0.25, 0.3) is 0 Å². The first-order valence-corrected chi connectivity index (χ1v) is 2.24. The van der Waals surface area contributed by atoms with Crippen LogP contribution in [-0.2, 0) is 9.59 Å². The second-order valence-electron chi connectivity index (χ2n) is 1.54. The van der Waals surface area contributed by atoms with Gasteiger partial charge in [0, 0.05) is 0 Å². The molecule has 0 unspecified atom stereocenters. The van der Waals surface area contributed by atoms with Gasteiger partial charge in [-0.2, -0.15) is 0 Å². The molecule has 0 aliphatic heterocycles. The van der Waals surface area contributed by atoms with E-state index in [1.165, 1.54) is 0 Å². The minimum absolute atomic E-state index is 0. The molecule has 0 amide bonds. The van der Waals surface area contributed by atoms with Gasteiger partial charge < -0.3 is 15.9 Å². The molecule has 0 aliphatic carbocycles. The SMILES string of the molecule is N[C@@H](CC(=O)O)C(=O)O.[BaH2]. The van der Waals surface area contributed by atoms with E-state index in [-0.39, 0.29) is 48.9 Å². The van der Waals surface area contributed by atoms with Crippen LogP contribution in [0.15, 0.2) is 0 Å². The van der Waals surface area contributed by atoms with Crippen molar-refractivity contribution in [2.75, 3.05) is 0 Å². The predicted octanol–water partition coefficient (Wildman–Crippen LogP) is -2.04. The van der Waals surface area contributed by atoms with Crippen molar-refractivity contribution < 1.29 is 19.8 Å². The summed E-state index contributed by atoms with van der Waals surface area (Å²) >= 11 is 0. The van der Waals surface area contributed by atoms with Crippen LogP contribution in [0.4, 0.5) is 0 Å². The molecular formula is C4H9BaNO4. The molecular weight excluding hydrogens is 263 g/mol. The minimum atomic E-state index is -1.29. The summed E-state index contributed by atoms with van der Waals surface area (Å²) in [4.78, 5) is 19.6. The van der Waals surface area contributed by atoms with Crippen LogP contribution < -0.4 is 5.73 Å². The first kappa shape index (κ1) is 13.1. The number of hydrogen-bond acceptors (Lipinski definition) is 3. The van der Waals surface area contributed by atoms with Crippen LogP contribution in [0, 0.1) is 0 Å². The van der Waals surface area contributed by atoms with Gasteiger partial charge in [-0.15, -0.1) is 0 Å². The summed E-state index contributed by atoms with van der Waals surface area (Å²) in [7, 11) is 0. The summed E-state index contributed by atoms with van der Waals surface area (Å²) < 4.78 is 0. The standard InChI is InChI=1S/C4H7NO4.Ba.2H/c5-2(4(8)9)1-3(6)7;;;/h2H,1,5H2,(H,6,7)(H,8,9);;;/t2-;;;/m0.../s1. The molecule has 4 N–H and O–H groups in total. The van der Waals surface area contributed by atoms with E-state index in [1.807, 2.05) is 0 Å². The Kier molecular flexibility index (Phi) is 8.11. The fourth-order valence-corrected chi connectivity index (χ4v) is 0.275. The van der Waals surface area contributed by atoms with E-state index >= 15 is 0 Å². The van der Waals surface area contributed by atoms with Crippen LogP contribution in [-0.4, -0.2) is 77.1 Å². The van der Waals surface area contributed by atoms with Gasteiger partial charge in [0.05, 0.1) is 6.42 Å². The fourth-order valence-electron chi connectivity index (χ4n) is 0.275. The van der Waals surface area contributed by atoms with E-state index in [0.717, 1.165) is 0 Å². The first-order valence-electron chi connectivity index (χ1n) is 2.24. The summed E-state index contributed by atoms with van der Waals surface area (Å²) in [5.74, 6) is -2.50. The third-order valence-electron chi connectivity index (χ3n) is 0.712. The van der Waals surface area contributed by atoms with Gasteiger partial charge in [-0.1, -0.05) is 0 Å². The molecule has 0 rings (SSSR count). The second-order valence-corrected chi connectivity index (χ2v) is 1.54. The quantitative estimate of drug-likeness (QED) is 0.514. The first-order chi connectivity index (χ1) is 4.04. The molecule has 0 saturated carbocycles. The molecule has 0 saturated heterocycles. The van der Waals surface area contributed by atoms with E-state index in [0.29, 0.717) is 0 Å². The number of nitrogens with two attached hydrogens (primary N) is 1. The maximum absolute atomic E-state index is 9.85. The van der Waals surface area contributed by atoms with Gasteiger partial charge in [-0.25, -0.2) is 0 Å². The number of carboxylic acid groups (broad SMARTS) is 2. The van der Waals surface area contributed by atoms with Crippen LogP contribution >= 0.6 is 0 Å². The molecule has 0 aliphatic rings. The number of rotatable bonds is 3. The van der Waals surface area contributed by atoms with Gasteiger partial charge in [0.1, 0.15) is 6.04 Å². The van der Waals surface area contributed by atoms with Gasteiger partial charge in [-0.3, -0.25) is 9.59 Å². The Bertz CT molecular complexity index is 137. The van der Waals surface area contributed by atoms with E-state index in [9.17, 15) is 9.59 Å². The molecule has 1 atom stereocenters. The maximum atomic E-state index is 9.85.